The Hall–Kier alpha value is -1.27. The quantitative estimate of drug-likeness (QED) is 0.922. The Morgan fingerprint density at radius 1 is 1.42 bits per heavy atom. The number of carbonyl (C=O) groups is 1. The van der Waals surface area contributed by atoms with E-state index in [1.807, 2.05) is 17.0 Å². The van der Waals surface area contributed by atoms with Crippen LogP contribution >= 0.6 is 15.9 Å². The molecule has 2 heterocycles. The number of rotatable bonds is 3. The van der Waals surface area contributed by atoms with Gasteiger partial charge in [0.15, 0.2) is 11.5 Å². The third kappa shape index (κ3) is 2.42. The first-order chi connectivity index (χ1) is 9.15. The lowest BCUT2D eigenvalue weighted by Crippen LogP contribution is -2.35. The van der Waals surface area contributed by atoms with Gasteiger partial charge in [0, 0.05) is 11.0 Å². The zero-order valence-electron chi connectivity index (χ0n) is 10.3. The van der Waals surface area contributed by atoms with Crippen molar-refractivity contribution in [2.45, 2.75) is 25.4 Å². The van der Waals surface area contributed by atoms with E-state index in [4.69, 9.17) is 9.47 Å². The minimum Gasteiger partial charge on any atom is -0.480 e. The number of aliphatic carboxylic acids is 1. The molecule has 0 aliphatic carbocycles. The normalized spacial score (nSPS) is 21.8. The maximum absolute atomic E-state index is 11.2. The Bertz CT molecular complexity index is 520. The standard InChI is InChI=1S/C13H14BrNO4/c14-9-5-12-11(18-7-19-12)4-8(9)6-15-3-1-2-10(15)13(16)17/h4-5,10H,1-3,6-7H2,(H,16,17). The summed E-state index contributed by atoms with van der Waals surface area (Å²) in [5, 5.41) is 9.19. The van der Waals surface area contributed by atoms with Gasteiger partial charge < -0.3 is 14.6 Å². The fraction of sp³-hybridized carbons (Fsp3) is 0.462. The molecule has 2 aliphatic rings. The van der Waals surface area contributed by atoms with Crippen LogP contribution in [-0.2, 0) is 11.3 Å². The number of nitrogens with zero attached hydrogens (tertiary/aromatic N) is 1. The second kappa shape index (κ2) is 5.02. The number of carboxylic acids is 1. The van der Waals surface area contributed by atoms with Crippen LogP contribution in [0.5, 0.6) is 11.5 Å². The molecule has 1 atom stereocenters. The summed E-state index contributed by atoms with van der Waals surface area (Å²) in [6, 6.07) is 3.42. The van der Waals surface area contributed by atoms with E-state index in [1.54, 1.807) is 0 Å². The average Bonchev–Trinajstić information content (AvgIpc) is 2.98. The second-order valence-electron chi connectivity index (χ2n) is 4.76. The number of ether oxygens (including phenoxy) is 2. The van der Waals surface area contributed by atoms with Crippen LogP contribution in [0.1, 0.15) is 18.4 Å². The molecule has 0 spiro atoms. The highest BCUT2D eigenvalue weighted by Gasteiger charge is 2.31. The van der Waals surface area contributed by atoms with E-state index in [1.165, 1.54) is 0 Å². The van der Waals surface area contributed by atoms with E-state index >= 15 is 0 Å². The number of likely N-dealkylation sites (tertiary alicyclic amines) is 1. The summed E-state index contributed by atoms with van der Waals surface area (Å²) in [4.78, 5) is 13.2. The molecule has 6 heteroatoms. The lowest BCUT2D eigenvalue weighted by Gasteiger charge is -2.21. The average molecular weight is 328 g/mol. The SMILES string of the molecule is O=C(O)C1CCCN1Cc1cc2c(cc1Br)OCO2. The van der Waals surface area contributed by atoms with Crippen LogP contribution in [-0.4, -0.2) is 35.4 Å². The fourth-order valence-corrected chi connectivity index (χ4v) is 3.04. The minimum absolute atomic E-state index is 0.243. The first kappa shape index (κ1) is 12.7. The summed E-state index contributed by atoms with van der Waals surface area (Å²) in [6.45, 7) is 1.67. The lowest BCUT2D eigenvalue weighted by molar-refractivity contribution is -0.142. The van der Waals surface area contributed by atoms with Crippen LogP contribution in [0.2, 0.25) is 0 Å². The first-order valence-corrected chi connectivity index (χ1v) is 6.99. The van der Waals surface area contributed by atoms with Gasteiger partial charge in [-0.1, -0.05) is 15.9 Å². The zero-order chi connectivity index (χ0) is 13.4. The molecule has 5 nitrogen and oxygen atoms in total. The van der Waals surface area contributed by atoms with Crippen molar-refractivity contribution in [3.05, 3.63) is 22.2 Å². The Labute approximate surface area is 119 Å². The fourth-order valence-electron chi connectivity index (χ4n) is 2.59. The summed E-state index contributed by atoms with van der Waals surface area (Å²) >= 11 is 3.50. The number of hydrogen-bond acceptors (Lipinski definition) is 4. The minimum atomic E-state index is -0.741. The van der Waals surface area contributed by atoms with Crippen molar-refractivity contribution in [3.8, 4) is 11.5 Å². The van der Waals surface area contributed by atoms with Gasteiger partial charge in [-0.15, -0.1) is 0 Å². The Balaban J connectivity index is 1.81. The van der Waals surface area contributed by atoms with Crippen molar-refractivity contribution < 1.29 is 19.4 Å². The van der Waals surface area contributed by atoms with E-state index < -0.39 is 5.97 Å². The molecule has 1 aromatic carbocycles. The maximum atomic E-state index is 11.2. The van der Waals surface area contributed by atoms with Crippen molar-refractivity contribution in [2.75, 3.05) is 13.3 Å². The number of fused-ring (bicyclic) bond motifs is 1. The van der Waals surface area contributed by atoms with Crippen LogP contribution < -0.4 is 9.47 Å². The Morgan fingerprint density at radius 3 is 2.89 bits per heavy atom. The van der Waals surface area contributed by atoms with Gasteiger partial charge in [0.05, 0.1) is 0 Å². The molecule has 1 saturated heterocycles. The maximum Gasteiger partial charge on any atom is 0.320 e. The Kier molecular flexibility index (Phi) is 3.36. The van der Waals surface area contributed by atoms with Crippen LogP contribution in [0.4, 0.5) is 0 Å². The van der Waals surface area contributed by atoms with E-state index in [-0.39, 0.29) is 12.8 Å². The lowest BCUT2D eigenvalue weighted by atomic mass is 10.1. The van der Waals surface area contributed by atoms with Gasteiger partial charge in [-0.05, 0) is 37.1 Å². The van der Waals surface area contributed by atoms with Crippen molar-refractivity contribution in [1.29, 1.82) is 0 Å². The van der Waals surface area contributed by atoms with Gasteiger partial charge in [0.1, 0.15) is 6.04 Å². The molecule has 19 heavy (non-hydrogen) atoms. The van der Waals surface area contributed by atoms with Crippen LogP contribution in [0.15, 0.2) is 16.6 Å². The van der Waals surface area contributed by atoms with E-state index in [0.717, 1.165) is 40.9 Å². The van der Waals surface area contributed by atoms with Crippen LogP contribution in [0.25, 0.3) is 0 Å². The molecule has 3 rings (SSSR count). The predicted octanol–water partition coefficient (Wildman–Crippen LogP) is 2.23. The molecule has 0 saturated carbocycles. The topological polar surface area (TPSA) is 59.0 Å². The molecule has 1 unspecified atom stereocenters. The number of hydrogen-bond donors (Lipinski definition) is 1. The van der Waals surface area contributed by atoms with Crippen molar-refractivity contribution in [2.24, 2.45) is 0 Å². The van der Waals surface area contributed by atoms with Crippen molar-refractivity contribution in [3.63, 3.8) is 0 Å². The van der Waals surface area contributed by atoms with Gasteiger partial charge in [0.25, 0.3) is 0 Å². The highest BCUT2D eigenvalue weighted by atomic mass is 79.9. The van der Waals surface area contributed by atoms with Crippen molar-refractivity contribution in [1.82, 2.24) is 4.90 Å². The third-order valence-electron chi connectivity index (χ3n) is 3.56. The summed E-state index contributed by atoms with van der Waals surface area (Å²) in [5.74, 6) is 0.713. The summed E-state index contributed by atoms with van der Waals surface area (Å²) in [5.41, 5.74) is 1.03. The third-order valence-corrected chi connectivity index (χ3v) is 4.30. The van der Waals surface area contributed by atoms with Crippen molar-refractivity contribution >= 4 is 21.9 Å². The molecular weight excluding hydrogens is 314 g/mol. The van der Waals surface area contributed by atoms with Gasteiger partial charge in [-0.2, -0.15) is 0 Å². The monoisotopic (exact) mass is 327 g/mol. The molecule has 0 radical (unpaired) electrons. The molecule has 0 bridgehead atoms. The molecule has 1 N–H and O–H groups in total. The van der Waals surface area contributed by atoms with E-state index in [2.05, 4.69) is 15.9 Å². The summed E-state index contributed by atoms with van der Waals surface area (Å²) in [6.07, 6.45) is 1.65. The van der Waals surface area contributed by atoms with Gasteiger partial charge in [-0.25, -0.2) is 0 Å². The number of halogens is 1. The largest absolute Gasteiger partial charge is 0.480 e. The molecule has 102 valence electrons. The molecule has 1 fully saturated rings. The van der Waals surface area contributed by atoms with E-state index in [9.17, 15) is 9.90 Å². The highest BCUT2D eigenvalue weighted by molar-refractivity contribution is 9.10. The van der Waals surface area contributed by atoms with Crippen LogP contribution in [0.3, 0.4) is 0 Å². The molecule has 1 aromatic rings. The second-order valence-corrected chi connectivity index (χ2v) is 5.62. The van der Waals surface area contributed by atoms with Gasteiger partial charge in [-0.3, -0.25) is 9.69 Å². The van der Waals surface area contributed by atoms with Gasteiger partial charge >= 0.3 is 5.97 Å². The molecular formula is C13H14BrNO4. The van der Waals surface area contributed by atoms with Crippen LogP contribution in [0, 0.1) is 0 Å². The molecule has 0 aromatic heterocycles. The number of carboxylic acid groups (broad SMARTS) is 1. The predicted molar refractivity (Wildman–Crippen MR) is 71.3 cm³/mol. The molecule has 2 aliphatic heterocycles. The first-order valence-electron chi connectivity index (χ1n) is 6.20. The van der Waals surface area contributed by atoms with E-state index in [0.29, 0.717) is 6.54 Å². The molecule has 0 amide bonds. The smallest absolute Gasteiger partial charge is 0.320 e. The zero-order valence-corrected chi connectivity index (χ0v) is 11.9. The summed E-state index contributed by atoms with van der Waals surface area (Å²) < 4.78 is 11.6. The summed E-state index contributed by atoms with van der Waals surface area (Å²) in [7, 11) is 0. The number of benzene rings is 1. The Morgan fingerprint density at radius 2 is 2.16 bits per heavy atom. The van der Waals surface area contributed by atoms with Gasteiger partial charge in [0.2, 0.25) is 6.79 Å². The highest BCUT2D eigenvalue weighted by Crippen LogP contribution is 2.37.